The third kappa shape index (κ3) is 3.42. The Bertz CT molecular complexity index is 266. The Labute approximate surface area is 103 Å². The zero-order chi connectivity index (χ0) is 12.3. The van der Waals surface area contributed by atoms with Gasteiger partial charge in [-0.05, 0) is 38.6 Å². The largest absolute Gasteiger partial charge is 0.481 e. The zero-order valence-corrected chi connectivity index (χ0v) is 10.7. The second kappa shape index (κ2) is 5.83. The number of rotatable bonds is 5. The second-order valence-corrected chi connectivity index (χ2v) is 5.56. The van der Waals surface area contributed by atoms with Crippen LogP contribution >= 0.6 is 0 Å². The number of piperidine rings is 1. The van der Waals surface area contributed by atoms with Crippen molar-refractivity contribution in [1.82, 2.24) is 10.2 Å². The summed E-state index contributed by atoms with van der Waals surface area (Å²) < 4.78 is 0. The van der Waals surface area contributed by atoms with Crippen LogP contribution in [0.3, 0.4) is 0 Å². The van der Waals surface area contributed by atoms with E-state index in [0.717, 1.165) is 32.0 Å². The van der Waals surface area contributed by atoms with Gasteiger partial charge in [0, 0.05) is 31.6 Å². The van der Waals surface area contributed by atoms with Crippen molar-refractivity contribution >= 4 is 5.97 Å². The topological polar surface area (TPSA) is 52.6 Å². The van der Waals surface area contributed by atoms with Crippen molar-refractivity contribution in [1.29, 1.82) is 0 Å². The van der Waals surface area contributed by atoms with Gasteiger partial charge in [0.1, 0.15) is 0 Å². The maximum absolute atomic E-state index is 10.6. The normalized spacial score (nSPS) is 31.1. The van der Waals surface area contributed by atoms with Gasteiger partial charge in [-0.3, -0.25) is 9.69 Å². The summed E-state index contributed by atoms with van der Waals surface area (Å²) in [5.41, 5.74) is 0. The minimum Gasteiger partial charge on any atom is -0.481 e. The van der Waals surface area contributed by atoms with Crippen molar-refractivity contribution in [2.24, 2.45) is 5.92 Å². The van der Waals surface area contributed by atoms with Crippen LogP contribution < -0.4 is 5.32 Å². The molecule has 2 N–H and O–H groups in total. The Hall–Kier alpha value is -0.610. The molecule has 0 aromatic carbocycles. The number of carboxylic acids is 1. The molecule has 0 aromatic rings. The summed E-state index contributed by atoms with van der Waals surface area (Å²) >= 11 is 0. The van der Waals surface area contributed by atoms with Gasteiger partial charge in [0.2, 0.25) is 0 Å². The van der Waals surface area contributed by atoms with Crippen molar-refractivity contribution < 1.29 is 9.90 Å². The van der Waals surface area contributed by atoms with Crippen molar-refractivity contribution in [2.75, 3.05) is 20.1 Å². The standard InChI is InChI=1S/C13H24N2O2/c1-14-11-7-10(5-6-13(16)17)8-15(9-11)12-3-2-4-12/h10-12,14H,2-9H2,1H3,(H,16,17). The number of carbonyl (C=O) groups is 1. The monoisotopic (exact) mass is 240 g/mol. The molecule has 0 aromatic heterocycles. The predicted octanol–water partition coefficient (Wildman–Crippen LogP) is 1.31. The van der Waals surface area contributed by atoms with Crippen molar-refractivity contribution in [3.05, 3.63) is 0 Å². The maximum atomic E-state index is 10.6. The van der Waals surface area contributed by atoms with Gasteiger partial charge in [0.25, 0.3) is 0 Å². The predicted molar refractivity (Wildman–Crippen MR) is 67.0 cm³/mol. The van der Waals surface area contributed by atoms with E-state index in [0.29, 0.717) is 18.4 Å². The van der Waals surface area contributed by atoms with E-state index in [2.05, 4.69) is 10.2 Å². The molecular formula is C13H24N2O2. The van der Waals surface area contributed by atoms with E-state index in [-0.39, 0.29) is 0 Å². The van der Waals surface area contributed by atoms with Gasteiger partial charge in [0.15, 0.2) is 0 Å². The highest BCUT2D eigenvalue weighted by Gasteiger charge is 2.33. The highest BCUT2D eigenvalue weighted by atomic mass is 16.4. The lowest BCUT2D eigenvalue weighted by molar-refractivity contribution is -0.137. The first kappa shape index (κ1) is 12.8. The van der Waals surface area contributed by atoms with Crippen molar-refractivity contribution in [3.63, 3.8) is 0 Å². The second-order valence-electron chi connectivity index (χ2n) is 5.56. The Morgan fingerprint density at radius 1 is 1.41 bits per heavy atom. The van der Waals surface area contributed by atoms with Crippen LogP contribution in [-0.4, -0.2) is 48.2 Å². The van der Waals surface area contributed by atoms with Crippen LogP contribution in [0.2, 0.25) is 0 Å². The van der Waals surface area contributed by atoms with Gasteiger partial charge in [-0.25, -0.2) is 0 Å². The van der Waals surface area contributed by atoms with Gasteiger partial charge in [-0.15, -0.1) is 0 Å². The summed E-state index contributed by atoms with van der Waals surface area (Å²) in [6, 6.07) is 1.32. The molecule has 1 saturated carbocycles. The van der Waals surface area contributed by atoms with Crippen LogP contribution in [0.4, 0.5) is 0 Å². The average Bonchev–Trinajstić information content (AvgIpc) is 2.23. The Kier molecular flexibility index (Phi) is 4.40. The fourth-order valence-corrected chi connectivity index (χ4v) is 3.04. The van der Waals surface area contributed by atoms with Gasteiger partial charge < -0.3 is 10.4 Å². The van der Waals surface area contributed by atoms with Crippen molar-refractivity contribution in [2.45, 2.75) is 50.6 Å². The number of nitrogens with one attached hydrogen (secondary N) is 1. The van der Waals surface area contributed by atoms with Gasteiger partial charge >= 0.3 is 5.97 Å². The lowest BCUT2D eigenvalue weighted by atomic mass is 9.85. The Morgan fingerprint density at radius 3 is 2.71 bits per heavy atom. The van der Waals surface area contributed by atoms with Crippen LogP contribution in [0.25, 0.3) is 0 Å². The fourth-order valence-electron chi connectivity index (χ4n) is 3.04. The Balaban J connectivity index is 1.85. The number of nitrogens with zero attached hydrogens (tertiary/aromatic N) is 1. The lowest BCUT2D eigenvalue weighted by Gasteiger charge is -2.45. The van der Waals surface area contributed by atoms with Crippen molar-refractivity contribution in [3.8, 4) is 0 Å². The quantitative estimate of drug-likeness (QED) is 0.761. The Morgan fingerprint density at radius 2 is 2.18 bits per heavy atom. The van der Waals surface area contributed by atoms with E-state index in [4.69, 9.17) is 5.11 Å². The SMILES string of the molecule is CNC1CC(CCC(=O)O)CN(C2CCC2)C1. The number of carboxylic acid groups (broad SMARTS) is 1. The molecule has 0 radical (unpaired) electrons. The molecule has 0 bridgehead atoms. The minimum atomic E-state index is -0.660. The number of likely N-dealkylation sites (tertiary alicyclic amines) is 1. The van der Waals surface area contributed by atoms with Crippen LogP contribution in [0.1, 0.15) is 38.5 Å². The molecule has 2 aliphatic rings. The molecule has 98 valence electrons. The van der Waals surface area contributed by atoms with Gasteiger partial charge in [0.05, 0.1) is 0 Å². The minimum absolute atomic E-state index is 0.319. The summed E-state index contributed by atoms with van der Waals surface area (Å²) in [6.07, 6.45) is 6.32. The summed E-state index contributed by atoms with van der Waals surface area (Å²) in [5, 5.41) is 12.1. The molecule has 1 aliphatic carbocycles. The molecule has 2 rings (SSSR count). The first-order valence-corrected chi connectivity index (χ1v) is 6.82. The highest BCUT2D eigenvalue weighted by molar-refractivity contribution is 5.66. The zero-order valence-electron chi connectivity index (χ0n) is 10.7. The van der Waals surface area contributed by atoms with Crippen LogP contribution in [0, 0.1) is 5.92 Å². The summed E-state index contributed by atoms with van der Waals surface area (Å²) in [6.45, 7) is 2.25. The summed E-state index contributed by atoms with van der Waals surface area (Å²) in [7, 11) is 2.02. The first-order valence-electron chi connectivity index (χ1n) is 6.82. The van der Waals surface area contributed by atoms with E-state index < -0.39 is 5.97 Å². The molecule has 1 heterocycles. The lowest BCUT2D eigenvalue weighted by Crippen LogP contribution is -2.53. The molecule has 2 fully saturated rings. The van der Waals surface area contributed by atoms with E-state index in [1.54, 1.807) is 0 Å². The molecule has 0 amide bonds. The molecule has 4 nitrogen and oxygen atoms in total. The summed E-state index contributed by atoms with van der Waals surface area (Å²) in [4.78, 5) is 13.2. The first-order chi connectivity index (χ1) is 8.19. The van der Waals surface area contributed by atoms with Crippen LogP contribution in [-0.2, 0) is 4.79 Å². The number of aliphatic carboxylic acids is 1. The third-order valence-corrected chi connectivity index (χ3v) is 4.33. The van der Waals surface area contributed by atoms with E-state index in [1.807, 2.05) is 7.05 Å². The molecule has 0 spiro atoms. The molecule has 2 atom stereocenters. The highest BCUT2D eigenvalue weighted by Crippen LogP contribution is 2.30. The maximum Gasteiger partial charge on any atom is 0.303 e. The smallest absolute Gasteiger partial charge is 0.303 e. The van der Waals surface area contributed by atoms with Gasteiger partial charge in [-0.2, -0.15) is 0 Å². The number of likely N-dealkylation sites (N-methyl/N-ethyl adjacent to an activating group) is 1. The molecular weight excluding hydrogens is 216 g/mol. The third-order valence-electron chi connectivity index (χ3n) is 4.33. The van der Waals surface area contributed by atoms with E-state index in [1.165, 1.54) is 19.3 Å². The van der Waals surface area contributed by atoms with Gasteiger partial charge in [-0.1, -0.05) is 6.42 Å². The van der Waals surface area contributed by atoms with Crippen LogP contribution in [0.15, 0.2) is 0 Å². The van der Waals surface area contributed by atoms with E-state index >= 15 is 0 Å². The molecule has 4 heteroatoms. The summed E-state index contributed by atoms with van der Waals surface area (Å²) in [5.74, 6) is -0.107. The molecule has 1 saturated heterocycles. The fraction of sp³-hybridized carbons (Fsp3) is 0.923. The number of hydrogen-bond acceptors (Lipinski definition) is 3. The van der Waals surface area contributed by atoms with E-state index in [9.17, 15) is 4.79 Å². The molecule has 2 unspecified atom stereocenters. The van der Waals surface area contributed by atoms with Crippen LogP contribution in [0.5, 0.6) is 0 Å². The number of hydrogen-bond donors (Lipinski definition) is 2. The average molecular weight is 240 g/mol. The molecule has 1 aliphatic heterocycles. The molecule has 17 heavy (non-hydrogen) atoms.